The number of likely N-dealkylation sites (tertiary alicyclic amines) is 1. The Labute approximate surface area is 194 Å². The molecule has 0 radical (unpaired) electrons. The van der Waals surface area contributed by atoms with Crippen molar-refractivity contribution >= 4 is 27.5 Å². The van der Waals surface area contributed by atoms with Crippen LogP contribution >= 0.6 is 0 Å². The first kappa shape index (κ1) is 23.6. The zero-order valence-electron chi connectivity index (χ0n) is 18.1. The Hall–Kier alpha value is -3.60. The van der Waals surface area contributed by atoms with Gasteiger partial charge in [0.2, 0.25) is 0 Å². The molecule has 8 nitrogen and oxygen atoms in total. The Morgan fingerprint density at radius 1 is 1.09 bits per heavy atom. The molecule has 0 saturated carbocycles. The van der Waals surface area contributed by atoms with Crippen LogP contribution in [0.2, 0.25) is 0 Å². The van der Waals surface area contributed by atoms with Gasteiger partial charge in [-0.3, -0.25) is 14.3 Å². The number of anilines is 1. The minimum absolute atomic E-state index is 0.0238. The minimum Gasteiger partial charge on any atom is -0.360 e. The van der Waals surface area contributed by atoms with Crippen LogP contribution in [0.25, 0.3) is 0 Å². The first-order chi connectivity index (χ1) is 16.1. The molecule has 178 valence electrons. The molecule has 2 heterocycles. The molecule has 0 aliphatic carbocycles. The highest BCUT2D eigenvalue weighted by Crippen LogP contribution is 2.25. The molecule has 1 fully saturated rings. The molecule has 2 aromatic carbocycles. The van der Waals surface area contributed by atoms with Gasteiger partial charge in [0.1, 0.15) is 17.4 Å². The fourth-order valence-corrected chi connectivity index (χ4v) is 4.87. The second kappa shape index (κ2) is 9.34. The van der Waals surface area contributed by atoms with Gasteiger partial charge in [0.05, 0.1) is 10.5 Å². The molecular weight excluding hydrogens is 468 g/mol. The lowest BCUT2D eigenvalue weighted by Gasteiger charge is -2.31. The Bertz CT molecular complexity index is 1350. The number of hydrogen-bond donors (Lipinski definition) is 1. The van der Waals surface area contributed by atoms with Gasteiger partial charge in [-0.25, -0.2) is 17.2 Å². The first-order valence-corrected chi connectivity index (χ1v) is 12.0. The molecule has 1 amide bonds. The first-order valence-electron chi connectivity index (χ1n) is 10.5. The predicted octanol–water partition coefficient (Wildman–Crippen LogP) is 3.80. The lowest BCUT2D eigenvalue weighted by atomic mass is 9.88. The fourth-order valence-electron chi connectivity index (χ4n) is 3.84. The highest BCUT2D eigenvalue weighted by molar-refractivity contribution is 7.92. The molecule has 1 aliphatic rings. The monoisotopic (exact) mass is 489 g/mol. The molecule has 0 atom stereocenters. The van der Waals surface area contributed by atoms with E-state index in [-0.39, 0.29) is 47.8 Å². The van der Waals surface area contributed by atoms with Crippen molar-refractivity contribution in [3.8, 4) is 0 Å². The molecule has 4 rings (SSSR count). The van der Waals surface area contributed by atoms with Crippen molar-refractivity contribution < 1.29 is 31.3 Å². The number of ketones is 1. The number of aromatic nitrogens is 1. The number of amides is 1. The van der Waals surface area contributed by atoms with E-state index in [9.17, 15) is 26.8 Å². The fraction of sp³-hybridized carbons (Fsp3) is 0.261. The Balaban J connectivity index is 1.43. The van der Waals surface area contributed by atoms with Crippen LogP contribution in [-0.2, 0) is 10.0 Å². The Kier molecular flexibility index (Phi) is 6.47. The number of halogens is 2. The maximum atomic E-state index is 14.0. The van der Waals surface area contributed by atoms with E-state index in [0.29, 0.717) is 5.76 Å². The van der Waals surface area contributed by atoms with Gasteiger partial charge >= 0.3 is 0 Å². The van der Waals surface area contributed by atoms with Crippen LogP contribution in [0.3, 0.4) is 0 Å². The normalized spacial score (nSPS) is 14.7. The number of piperidine rings is 1. The number of hydrogen-bond acceptors (Lipinski definition) is 6. The molecule has 3 aromatic rings. The summed E-state index contributed by atoms with van der Waals surface area (Å²) >= 11 is 0. The second-order valence-corrected chi connectivity index (χ2v) is 9.69. The average Bonchev–Trinajstić information content (AvgIpc) is 3.23. The molecule has 1 N–H and O–H groups in total. The summed E-state index contributed by atoms with van der Waals surface area (Å²) < 4.78 is 59.9. The van der Waals surface area contributed by atoms with E-state index >= 15 is 0 Å². The summed E-state index contributed by atoms with van der Waals surface area (Å²) in [6.45, 7) is 2.06. The van der Waals surface area contributed by atoms with Gasteiger partial charge in [0, 0.05) is 30.6 Å². The summed E-state index contributed by atoms with van der Waals surface area (Å²) in [7, 11) is -4.00. The summed E-state index contributed by atoms with van der Waals surface area (Å²) in [5.74, 6) is -2.44. The zero-order chi connectivity index (χ0) is 24.5. The van der Waals surface area contributed by atoms with Crippen LogP contribution in [0.4, 0.5) is 14.6 Å². The summed E-state index contributed by atoms with van der Waals surface area (Å²) in [6.07, 6.45) is 0.567. The van der Waals surface area contributed by atoms with Gasteiger partial charge in [-0.15, -0.1) is 0 Å². The number of carbonyl (C=O) groups excluding carboxylic acids is 2. The van der Waals surface area contributed by atoms with E-state index < -0.39 is 39.3 Å². The number of nitrogens with zero attached hydrogens (tertiary/aromatic N) is 2. The second-order valence-electron chi connectivity index (χ2n) is 8.01. The molecule has 1 saturated heterocycles. The Morgan fingerprint density at radius 3 is 2.50 bits per heavy atom. The number of Topliss-reactive ketones (excluding diaryl/α,β-unsaturated/α-hetero) is 1. The van der Waals surface area contributed by atoms with E-state index in [0.717, 1.165) is 18.2 Å². The highest BCUT2D eigenvalue weighted by Gasteiger charge is 2.30. The van der Waals surface area contributed by atoms with Crippen LogP contribution < -0.4 is 4.72 Å². The third-order valence-corrected chi connectivity index (χ3v) is 6.96. The van der Waals surface area contributed by atoms with Crippen LogP contribution in [0.5, 0.6) is 0 Å². The van der Waals surface area contributed by atoms with Gasteiger partial charge in [0.25, 0.3) is 15.9 Å². The third-order valence-electron chi connectivity index (χ3n) is 5.61. The maximum absolute atomic E-state index is 14.0. The van der Waals surface area contributed by atoms with Crippen molar-refractivity contribution in [1.29, 1.82) is 0 Å². The van der Waals surface area contributed by atoms with E-state index in [4.69, 9.17) is 4.52 Å². The zero-order valence-corrected chi connectivity index (χ0v) is 18.9. The van der Waals surface area contributed by atoms with Crippen molar-refractivity contribution in [2.75, 3.05) is 17.8 Å². The van der Waals surface area contributed by atoms with Gasteiger partial charge in [-0.2, -0.15) is 0 Å². The lowest BCUT2D eigenvalue weighted by Crippen LogP contribution is -2.40. The molecule has 34 heavy (non-hydrogen) atoms. The molecule has 1 aromatic heterocycles. The Morgan fingerprint density at radius 2 is 1.82 bits per heavy atom. The standard InChI is InChI=1S/C23H21F2N3O5S/c1-14-11-21(26-33-14)27-34(31,32)18-4-2-3-16(12-18)23(30)28-9-7-15(8-10-28)22(29)19-13-17(24)5-6-20(19)25/h2-6,11-13,15H,7-10H2,1H3,(H,26,27). The molecule has 0 bridgehead atoms. The van der Waals surface area contributed by atoms with Crippen LogP contribution in [0, 0.1) is 24.5 Å². The molecule has 0 unspecified atom stereocenters. The summed E-state index contributed by atoms with van der Waals surface area (Å²) in [4.78, 5) is 27.0. The molecule has 0 spiro atoms. The van der Waals surface area contributed by atoms with Gasteiger partial charge < -0.3 is 9.42 Å². The smallest absolute Gasteiger partial charge is 0.263 e. The highest BCUT2D eigenvalue weighted by atomic mass is 32.2. The van der Waals surface area contributed by atoms with Crippen molar-refractivity contribution in [1.82, 2.24) is 10.1 Å². The largest absolute Gasteiger partial charge is 0.360 e. The minimum atomic E-state index is -4.00. The number of nitrogens with one attached hydrogen (secondary N) is 1. The number of benzene rings is 2. The van der Waals surface area contributed by atoms with Gasteiger partial charge in [-0.05, 0) is 56.2 Å². The quantitative estimate of drug-likeness (QED) is 0.528. The number of rotatable bonds is 6. The van der Waals surface area contributed by atoms with Crippen molar-refractivity contribution in [3.05, 3.63) is 77.1 Å². The average molecular weight is 490 g/mol. The predicted molar refractivity (Wildman–Crippen MR) is 118 cm³/mol. The van der Waals surface area contributed by atoms with Crippen LogP contribution in [0.15, 0.2) is 57.9 Å². The van der Waals surface area contributed by atoms with Crippen LogP contribution in [-0.4, -0.2) is 43.3 Å². The summed E-state index contributed by atoms with van der Waals surface area (Å²) in [6, 6.07) is 9.75. The van der Waals surface area contributed by atoms with Crippen molar-refractivity contribution in [2.45, 2.75) is 24.7 Å². The SMILES string of the molecule is Cc1cc(NS(=O)(=O)c2cccc(C(=O)N3CCC(C(=O)c4cc(F)ccc4F)CC3)c2)no1. The van der Waals surface area contributed by atoms with Crippen LogP contribution in [0.1, 0.15) is 39.3 Å². The molecule has 11 heteroatoms. The molecule has 1 aliphatic heterocycles. The number of carbonyl (C=O) groups is 2. The van der Waals surface area contributed by atoms with Gasteiger partial charge in [-0.1, -0.05) is 11.2 Å². The molecular formula is C23H21F2N3O5S. The summed E-state index contributed by atoms with van der Waals surface area (Å²) in [5, 5.41) is 3.60. The van der Waals surface area contributed by atoms with Crippen molar-refractivity contribution in [3.63, 3.8) is 0 Å². The van der Waals surface area contributed by atoms with E-state index in [2.05, 4.69) is 9.88 Å². The van der Waals surface area contributed by atoms with E-state index in [1.165, 1.54) is 35.2 Å². The number of aryl methyl sites for hydroxylation is 1. The van der Waals surface area contributed by atoms with E-state index in [1.807, 2.05) is 0 Å². The van der Waals surface area contributed by atoms with E-state index in [1.54, 1.807) is 6.92 Å². The van der Waals surface area contributed by atoms with Gasteiger partial charge in [0.15, 0.2) is 11.6 Å². The topological polar surface area (TPSA) is 110 Å². The maximum Gasteiger partial charge on any atom is 0.263 e. The summed E-state index contributed by atoms with van der Waals surface area (Å²) in [5.41, 5.74) is -0.127. The lowest BCUT2D eigenvalue weighted by molar-refractivity contribution is 0.0649. The van der Waals surface area contributed by atoms with Crippen molar-refractivity contribution in [2.24, 2.45) is 5.92 Å². The third kappa shape index (κ3) is 4.98. The number of sulfonamides is 1.